The number of rotatable bonds is 3. The van der Waals surface area contributed by atoms with Gasteiger partial charge >= 0.3 is 5.97 Å². The van der Waals surface area contributed by atoms with Crippen LogP contribution in [0.25, 0.3) is 10.2 Å². The van der Waals surface area contributed by atoms with Crippen molar-refractivity contribution in [3.63, 3.8) is 0 Å². The fourth-order valence-electron chi connectivity index (χ4n) is 2.56. The highest BCUT2D eigenvalue weighted by Crippen LogP contribution is 2.38. The number of carbonyl (C=O) groups is 1. The molecule has 0 amide bonds. The highest BCUT2D eigenvalue weighted by molar-refractivity contribution is 7.99. The average molecular weight is 340 g/mol. The van der Waals surface area contributed by atoms with Crippen molar-refractivity contribution in [1.82, 2.24) is 9.55 Å². The maximum absolute atomic E-state index is 12.8. The number of thioether (sulfide) groups is 1. The van der Waals surface area contributed by atoms with Crippen LogP contribution in [0.2, 0.25) is 0 Å². The number of hydrogen-bond donors (Lipinski definition) is 1. The van der Waals surface area contributed by atoms with Gasteiger partial charge < -0.3 is 9.84 Å². The number of esters is 1. The first-order chi connectivity index (χ1) is 10.4. The first-order valence-electron chi connectivity index (χ1n) is 6.91. The Labute approximate surface area is 135 Å². The summed E-state index contributed by atoms with van der Waals surface area (Å²) in [4.78, 5) is 30.7. The first-order valence-corrected chi connectivity index (χ1v) is 8.71. The van der Waals surface area contributed by atoms with Gasteiger partial charge in [-0.15, -0.1) is 11.3 Å². The van der Waals surface area contributed by atoms with Gasteiger partial charge in [0.05, 0.1) is 24.2 Å². The minimum Gasteiger partial charge on any atom is -0.466 e. The smallest absolute Gasteiger partial charge is 0.310 e. The molecular formula is C14H16N2O4S2. The van der Waals surface area contributed by atoms with Gasteiger partial charge in [-0.2, -0.15) is 0 Å². The van der Waals surface area contributed by atoms with Gasteiger partial charge in [0, 0.05) is 4.88 Å². The molecule has 0 saturated carbocycles. The fourth-order valence-corrected chi connectivity index (χ4v) is 4.76. The molecule has 0 saturated heterocycles. The van der Waals surface area contributed by atoms with E-state index in [1.807, 2.05) is 13.8 Å². The zero-order valence-electron chi connectivity index (χ0n) is 12.5. The van der Waals surface area contributed by atoms with Crippen LogP contribution in [0.3, 0.4) is 0 Å². The molecule has 2 aromatic heterocycles. The predicted molar refractivity (Wildman–Crippen MR) is 85.5 cm³/mol. The van der Waals surface area contributed by atoms with Crippen LogP contribution >= 0.6 is 23.1 Å². The molecule has 1 N–H and O–H groups in total. The molecule has 22 heavy (non-hydrogen) atoms. The number of nitrogens with zero attached hydrogens (tertiary/aromatic N) is 2. The lowest BCUT2D eigenvalue weighted by atomic mass is 10.1. The molecule has 1 aliphatic heterocycles. The van der Waals surface area contributed by atoms with E-state index in [0.29, 0.717) is 15.4 Å². The second-order valence-electron chi connectivity index (χ2n) is 5.25. The molecule has 6 nitrogen and oxygen atoms in total. The molecule has 2 aromatic rings. The van der Waals surface area contributed by atoms with Gasteiger partial charge in [0.1, 0.15) is 4.83 Å². The topological polar surface area (TPSA) is 81.4 Å². The molecule has 0 fully saturated rings. The van der Waals surface area contributed by atoms with E-state index in [-0.39, 0.29) is 24.3 Å². The summed E-state index contributed by atoms with van der Waals surface area (Å²) in [6.45, 7) is 5.75. The Morgan fingerprint density at radius 2 is 2.23 bits per heavy atom. The Hall–Kier alpha value is -1.38. The Balaban J connectivity index is 2.15. The standard InChI is InChI=1S/C14H16N2O4S2/c1-4-20-9(17)5-14(19)6-21-13-15-11-10(12(18)16(13)14)7(2)8(3)22-11/h19H,4-6H2,1-3H3. The van der Waals surface area contributed by atoms with Crippen LogP contribution in [0.1, 0.15) is 23.8 Å². The maximum Gasteiger partial charge on any atom is 0.310 e. The van der Waals surface area contributed by atoms with Gasteiger partial charge in [0.2, 0.25) is 0 Å². The van der Waals surface area contributed by atoms with Crippen molar-refractivity contribution in [2.24, 2.45) is 0 Å². The zero-order chi connectivity index (χ0) is 16.1. The molecule has 0 radical (unpaired) electrons. The Morgan fingerprint density at radius 3 is 2.91 bits per heavy atom. The molecule has 0 aliphatic carbocycles. The van der Waals surface area contributed by atoms with E-state index in [0.717, 1.165) is 10.4 Å². The van der Waals surface area contributed by atoms with Crippen molar-refractivity contribution < 1.29 is 14.6 Å². The van der Waals surface area contributed by atoms with E-state index < -0.39 is 11.7 Å². The molecule has 0 spiro atoms. The quantitative estimate of drug-likeness (QED) is 0.677. The monoisotopic (exact) mass is 340 g/mol. The van der Waals surface area contributed by atoms with Crippen LogP contribution in [-0.4, -0.2) is 33.0 Å². The SMILES string of the molecule is CCOC(=O)CC1(O)CSc2nc3sc(C)c(C)c3c(=O)n21. The van der Waals surface area contributed by atoms with Gasteiger partial charge in [-0.05, 0) is 26.3 Å². The van der Waals surface area contributed by atoms with E-state index in [4.69, 9.17) is 4.74 Å². The number of hydrogen-bond acceptors (Lipinski definition) is 7. The highest BCUT2D eigenvalue weighted by atomic mass is 32.2. The fraction of sp³-hybridized carbons (Fsp3) is 0.500. The van der Waals surface area contributed by atoms with E-state index in [1.54, 1.807) is 6.92 Å². The lowest BCUT2D eigenvalue weighted by Gasteiger charge is -2.23. The van der Waals surface area contributed by atoms with Gasteiger partial charge in [-0.1, -0.05) is 11.8 Å². The van der Waals surface area contributed by atoms with E-state index in [9.17, 15) is 14.7 Å². The average Bonchev–Trinajstić information content (AvgIpc) is 2.89. The van der Waals surface area contributed by atoms with Crippen LogP contribution in [0.5, 0.6) is 0 Å². The molecule has 1 atom stereocenters. The highest BCUT2D eigenvalue weighted by Gasteiger charge is 2.42. The summed E-state index contributed by atoms with van der Waals surface area (Å²) >= 11 is 2.75. The van der Waals surface area contributed by atoms with Crippen LogP contribution in [0.4, 0.5) is 0 Å². The molecule has 3 heterocycles. The van der Waals surface area contributed by atoms with Gasteiger partial charge in [0.25, 0.3) is 5.56 Å². The molecular weight excluding hydrogens is 324 g/mol. The maximum atomic E-state index is 12.8. The lowest BCUT2D eigenvalue weighted by Crippen LogP contribution is -2.42. The van der Waals surface area contributed by atoms with Gasteiger partial charge in [-0.3, -0.25) is 14.2 Å². The second kappa shape index (κ2) is 5.36. The van der Waals surface area contributed by atoms with E-state index in [2.05, 4.69) is 4.98 Å². The van der Waals surface area contributed by atoms with Crippen molar-refractivity contribution in [2.45, 2.75) is 38.1 Å². The Morgan fingerprint density at radius 1 is 1.50 bits per heavy atom. The Bertz CT molecular complexity index is 826. The summed E-state index contributed by atoms with van der Waals surface area (Å²) in [6, 6.07) is 0. The number of carbonyl (C=O) groups excluding carboxylic acids is 1. The molecule has 8 heteroatoms. The number of aliphatic hydroxyl groups is 1. The third kappa shape index (κ3) is 2.26. The van der Waals surface area contributed by atoms with Gasteiger partial charge in [0.15, 0.2) is 10.9 Å². The Kier molecular flexibility index (Phi) is 3.78. The molecule has 1 unspecified atom stereocenters. The van der Waals surface area contributed by atoms with Crippen molar-refractivity contribution in [1.29, 1.82) is 0 Å². The third-order valence-electron chi connectivity index (χ3n) is 3.75. The molecule has 0 aromatic carbocycles. The minimum atomic E-state index is -1.58. The van der Waals surface area contributed by atoms with Crippen LogP contribution in [0.15, 0.2) is 9.95 Å². The molecule has 3 rings (SSSR count). The van der Waals surface area contributed by atoms with E-state index in [1.165, 1.54) is 27.7 Å². The number of thiophene rings is 1. The summed E-state index contributed by atoms with van der Waals surface area (Å²) in [5, 5.41) is 11.8. The molecule has 0 bridgehead atoms. The summed E-state index contributed by atoms with van der Waals surface area (Å²) in [6.07, 6.45) is -0.254. The van der Waals surface area contributed by atoms with Crippen LogP contribution in [-0.2, 0) is 15.3 Å². The molecule has 118 valence electrons. The number of fused-ring (bicyclic) bond motifs is 2. The number of ether oxygens (including phenoxy) is 1. The minimum absolute atomic E-state index is 0.212. The summed E-state index contributed by atoms with van der Waals surface area (Å²) in [5.74, 6) is -0.313. The third-order valence-corrected chi connectivity index (χ3v) is 5.99. The van der Waals surface area contributed by atoms with Crippen molar-refractivity contribution >= 4 is 39.3 Å². The largest absolute Gasteiger partial charge is 0.466 e. The summed E-state index contributed by atoms with van der Waals surface area (Å²) in [5.41, 5.74) is -0.992. The summed E-state index contributed by atoms with van der Waals surface area (Å²) in [7, 11) is 0. The summed E-state index contributed by atoms with van der Waals surface area (Å²) < 4.78 is 6.14. The predicted octanol–water partition coefficient (Wildman–Crippen LogP) is 1.78. The van der Waals surface area contributed by atoms with Crippen LogP contribution in [0, 0.1) is 13.8 Å². The number of aromatic nitrogens is 2. The van der Waals surface area contributed by atoms with Crippen molar-refractivity contribution in [2.75, 3.05) is 12.4 Å². The van der Waals surface area contributed by atoms with Crippen molar-refractivity contribution in [3.8, 4) is 0 Å². The first kappa shape index (κ1) is 15.5. The van der Waals surface area contributed by atoms with Crippen LogP contribution < -0.4 is 5.56 Å². The lowest BCUT2D eigenvalue weighted by molar-refractivity contribution is -0.152. The normalized spacial score (nSPS) is 20.4. The number of aryl methyl sites for hydroxylation is 2. The van der Waals surface area contributed by atoms with Gasteiger partial charge in [-0.25, -0.2) is 4.98 Å². The second-order valence-corrected chi connectivity index (χ2v) is 7.40. The molecule has 1 aliphatic rings. The zero-order valence-corrected chi connectivity index (χ0v) is 14.1. The van der Waals surface area contributed by atoms with Crippen molar-refractivity contribution in [3.05, 3.63) is 20.8 Å². The van der Waals surface area contributed by atoms with E-state index >= 15 is 0 Å².